The second-order valence-corrected chi connectivity index (χ2v) is 4.75. The van der Waals surface area contributed by atoms with E-state index < -0.39 is 6.04 Å². The standard InChI is InChI=1S/C14H15N5O2/c20-13-8-16-12(7-17-13)14(21)18-10-2-1-3-11(6-10)19-5-4-15-9-19/h1-6,9,12,16H,7-8H2,(H,17,20)(H,18,21). The number of nitrogens with one attached hydrogen (secondary N) is 3. The second-order valence-electron chi connectivity index (χ2n) is 4.75. The van der Waals surface area contributed by atoms with Crippen LogP contribution in [0.4, 0.5) is 5.69 Å². The van der Waals surface area contributed by atoms with Gasteiger partial charge in [0.2, 0.25) is 11.8 Å². The predicted molar refractivity (Wildman–Crippen MR) is 77.0 cm³/mol. The number of hydrogen-bond donors (Lipinski definition) is 3. The first-order chi connectivity index (χ1) is 10.2. The highest BCUT2D eigenvalue weighted by Crippen LogP contribution is 2.14. The van der Waals surface area contributed by atoms with E-state index in [2.05, 4.69) is 20.9 Å². The van der Waals surface area contributed by atoms with Crippen molar-refractivity contribution >= 4 is 17.5 Å². The van der Waals surface area contributed by atoms with Crippen LogP contribution in [0.15, 0.2) is 43.0 Å². The molecule has 1 atom stereocenters. The number of carbonyl (C=O) groups excluding carboxylic acids is 2. The summed E-state index contributed by atoms with van der Waals surface area (Å²) in [7, 11) is 0. The maximum Gasteiger partial charge on any atom is 0.243 e. The number of amides is 2. The third kappa shape index (κ3) is 3.09. The van der Waals surface area contributed by atoms with E-state index in [1.54, 1.807) is 12.5 Å². The predicted octanol–water partition coefficient (Wildman–Crippen LogP) is -0.101. The van der Waals surface area contributed by atoms with Crippen LogP contribution < -0.4 is 16.0 Å². The number of hydrogen-bond acceptors (Lipinski definition) is 4. The molecular formula is C14H15N5O2. The molecule has 0 aliphatic carbocycles. The van der Waals surface area contributed by atoms with Gasteiger partial charge in [-0.3, -0.25) is 14.9 Å². The van der Waals surface area contributed by atoms with Gasteiger partial charge < -0.3 is 15.2 Å². The maximum absolute atomic E-state index is 12.1. The van der Waals surface area contributed by atoms with Crippen LogP contribution in [0.1, 0.15) is 0 Å². The van der Waals surface area contributed by atoms with Gasteiger partial charge in [0.15, 0.2) is 0 Å². The zero-order chi connectivity index (χ0) is 14.7. The van der Waals surface area contributed by atoms with Crippen LogP contribution in [0.2, 0.25) is 0 Å². The highest BCUT2D eigenvalue weighted by molar-refractivity contribution is 5.96. The molecule has 7 nitrogen and oxygen atoms in total. The van der Waals surface area contributed by atoms with Crippen LogP contribution in [0.5, 0.6) is 0 Å². The lowest BCUT2D eigenvalue weighted by Crippen LogP contribution is -2.56. The minimum Gasteiger partial charge on any atom is -0.353 e. The third-order valence-corrected chi connectivity index (χ3v) is 3.25. The number of benzene rings is 1. The number of nitrogens with zero attached hydrogens (tertiary/aromatic N) is 2. The second kappa shape index (κ2) is 5.76. The van der Waals surface area contributed by atoms with Gasteiger partial charge >= 0.3 is 0 Å². The summed E-state index contributed by atoms with van der Waals surface area (Å²) in [5.41, 5.74) is 1.61. The number of rotatable bonds is 3. The topological polar surface area (TPSA) is 88.1 Å². The summed E-state index contributed by atoms with van der Waals surface area (Å²) in [5.74, 6) is -0.265. The Morgan fingerprint density at radius 1 is 1.43 bits per heavy atom. The molecule has 0 radical (unpaired) electrons. The Kier molecular flexibility index (Phi) is 3.65. The van der Waals surface area contributed by atoms with Gasteiger partial charge in [-0.1, -0.05) is 6.07 Å². The number of carbonyl (C=O) groups is 2. The van der Waals surface area contributed by atoms with Gasteiger partial charge in [0.1, 0.15) is 6.04 Å². The highest BCUT2D eigenvalue weighted by atomic mass is 16.2. The Balaban J connectivity index is 1.69. The smallest absolute Gasteiger partial charge is 0.243 e. The number of anilines is 1. The van der Waals surface area contributed by atoms with Crippen molar-refractivity contribution in [1.82, 2.24) is 20.2 Å². The minimum absolute atomic E-state index is 0.0962. The van der Waals surface area contributed by atoms with Crippen LogP contribution >= 0.6 is 0 Å². The van der Waals surface area contributed by atoms with Crippen LogP contribution in [0.3, 0.4) is 0 Å². The van der Waals surface area contributed by atoms with Crippen LogP contribution in [0.25, 0.3) is 5.69 Å². The molecule has 108 valence electrons. The molecule has 7 heteroatoms. The molecular weight excluding hydrogens is 270 g/mol. The van der Waals surface area contributed by atoms with Gasteiger partial charge in [-0.05, 0) is 18.2 Å². The molecule has 0 spiro atoms. The molecule has 1 aromatic carbocycles. The Labute approximate surface area is 121 Å². The molecule has 2 amide bonds. The zero-order valence-corrected chi connectivity index (χ0v) is 11.2. The first kappa shape index (κ1) is 13.3. The average Bonchev–Trinajstić information content (AvgIpc) is 3.02. The number of imidazole rings is 1. The quantitative estimate of drug-likeness (QED) is 0.735. The van der Waals surface area contributed by atoms with Gasteiger partial charge in [0.25, 0.3) is 0 Å². The fourth-order valence-electron chi connectivity index (χ4n) is 2.14. The first-order valence-corrected chi connectivity index (χ1v) is 6.62. The molecule has 1 aromatic heterocycles. The zero-order valence-electron chi connectivity index (χ0n) is 11.2. The summed E-state index contributed by atoms with van der Waals surface area (Å²) in [6, 6.07) is 7.05. The minimum atomic E-state index is -0.417. The highest BCUT2D eigenvalue weighted by Gasteiger charge is 2.23. The van der Waals surface area contributed by atoms with E-state index in [0.717, 1.165) is 5.69 Å². The first-order valence-electron chi connectivity index (χ1n) is 6.62. The monoisotopic (exact) mass is 285 g/mol. The van der Waals surface area contributed by atoms with E-state index in [1.165, 1.54) is 0 Å². The molecule has 2 aromatic rings. The maximum atomic E-state index is 12.1. The summed E-state index contributed by atoms with van der Waals surface area (Å²) in [6.07, 6.45) is 5.22. The van der Waals surface area contributed by atoms with Gasteiger partial charge in [0.05, 0.1) is 12.9 Å². The van der Waals surface area contributed by atoms with Crippen molar-refractivity contribution in [3.8, 4) is 5.69 Å². The molecule has 3 N–H and O–H groups in total. The molecule has 1 aliphatic heterocycles. The molecule has 2 heterocycles. The van der Waals surface area contributed by atoms with E-state index in [-0.39, 0.29) is 18.4 Å². The van der Waals surface area contributed by atoms with E-state index in [1.807, 2.05) is 35.0 Å². The van der Waals surface area contributed by atoms with E-state index in [9.17, 15) is 9.59 Å². The van der Waals surface area contributed by atoms with Gasteiger partial charge in [-0.25, -0.2) is 4.98 Å². The van der Waals surface area contributed by atoms with Gasteiger partial charge in [-0.15, -0.1) is 0 Å². The molecule has 1 saturated heterocycles. The molecule has 1 aliphatic rings. The fourth-order valence-corrected chi connectivity index (χ4v) is 2.14. The Morgan fingerprint density at radius 2 is 2.33 bits per heavy atom. The van der Waals surface area contributed by atoms with Crippen LogP contribution in [-0.4, -0.2) is 40.5 Å². The van der Waals surface area contributed by atoms with Crippen molar-refractivity contribution in [2.45, 2.75) is 6.04 Å². The molecule has 0 bridgehead atoms. The SMILES string of the molecule is O=C1CNC(C(=O)Nc2cccc(-n3ccnc3)c2)CN1. The van der Waals surface area contributed by atoms with Gasteiger partial charge in [0, 0.05) is 30.3 Å². The fraction of sp³-hybridized carbons (Fsp3) is 0.214. The Hall–Kier alpha value is -2.67. The molecule has 3 rings (SSSR count). The Morgan fingerprint density at radius 3 is 3.05 bits per heavy atom. The van der Waals surface area contributed by atoms with Crippen molar-refractivity contribution in [2.75, 3.05) is 18.4 Å². The van der Waals surface area contributed by atoms with E-state index in [0.29, 0.717) is 12.2 Å². The molecule has 1 unspecified atom stereocenters. The largest absolute Gasteiger partial charge is 0.353 e. The summed E-state index contributed by atoms with van der Waals surface area (Å²) >= 11 is 0. The normalized spacial score (nSPS) is 18.1. The summed E-state index contributed by atoms with van der Waals surface area (Å²) in [6.45, 7) is 0.457. The molecule has 21 heavy (non-hydrogen) atoms. The number of aromatic nitrogens is 2. The summed E-state index contributed by atoms with van der Waals surface area (Å²) in [5, 5.41) is 8.39. The van der Waals surface area contributed by atoms with Gasteiger partial charge in [-0.2, -0.15) is 0 Å². The lowest BCUT2D eigenvalue weighted by atomic mass is 10.2. The average molecular weight is 285 g/mol. The van der Waals surface area contributed by atoms with Crippen molar-refractivity contribution in [3.05, 3.63) is 43.0 Å². The third-order valence-electron chi connectivity index (χ3n) is 3.25. The summed E-state index contributed by atoms with van der Waals surface area (Å²) < 4.78 is 1.86. The lowest BCUT2D eigenvalue weighted by molar-refractivity contribution is -0.124. The lowest BCUT2D eigenvalue weighted by Gasteiger charge is -2.23. The Bertz CT molecular complexity index is 643. The van der Waals surface area contributed by atoms with Crippen LogP contribution in [0, 0.1) is 0 Å². The molecule has 1 fully saturated rings. The van der Waals surface area contributed by atoms with E-state index in [4.69, 9.17) is 0 Å². The summed E-state index contributed by atoms with van der Waals surface area (Å²) in [4.78, 5) is 27.2. The van der Waals surface area contributed by atoms with E-state index >= 15 is 0 Å². The van der Waals surface area contributed by atoms with Crippen LogP contribution in [-0.2, 0) is 9.59 Å². The van der Waals surface area contributed by atoms with Crippen molar-refractivity contribution in [3.63, 3.8) is 0 Å². The van der Waals surface area contributed by atoms with Crippen molar-refractivity contribution in [2.24, 2.45) is 0 Å². The van der Waals surface area contributed by atoms with Crippen molar-refractivity contribution in [1.29, 1.82) is 0 Å². The number of piperazine rings is 1. The van der Waals surface area contributed by atoms with Crippen molar-refractivity contribution < 1.29 is 9.59 Å². The molecule has 0 saturated carbocycles.